The largest absolute Gasteiger partial charge is 0.367 e. The number of aromatic nitrogens is 2. The molecule has 0 aliphatic carbocycles. The van der Waals surface area contributed by atoms with Crippen LogP contribution in [0, 0.1) is 0 Å². The third kappa shape index (κ3) is 3.64. The molecule has 6 nitrogen and oxygen atoms in total. The second kappa shape index (κ2) is 7.84. The molecule has 0 saturated heterocycles. The minimum Gasteiger partial charge on any atom is -0.367 e. The van der Waals surface area contributed by atoms with Crippen molar-refractivity contribution in [2.24, 2.45) is 0 Å². The maximum atomic E-state index is 12.5. The number of carbonyl (C=O) groups is 1. The van der Waals surface area contributed by atoms with Crippen molar-refractivity contribution < 1.29 is 4.79 Å². The topological polar surface area (TPSA) is 73.1 Å². The van der Waals surface area contributed by atoms with Gasteiger partial charge in [-0.2, -0.15) is 0 Å². The van der Waals surface area contributed by atoms with Gasteiger partial charge in [0.2, 0.25) is 0 Å². The highest BCUT2D eigenvalue weighted by molar-refractivity contribution is 9.10. The standard InChI is InChI=1S/C23H20BrN5O/c24-16-3-1-4-17(13-16)27-23(30)28-20-5-2-6-21-19(20)9-12-29(21)14-15-7-10-25-22-18(15)8-11-26-22/h1-8,10-11,13H,9,12,14H2,(H,25,26)(H2,27,28,30). The van der Waals surface area contributed by atoms with Crippen LogP contribution in [0.15, 0.2) is 71.5 Å². The van der Waals surface area contributed by atoms with E-state index >= 15 is 0 Å². The van der Waals surface area contributed by atoms with Crippen molar-refractivity contribution in [2.45, 2.75) is 13.0 Å². The normalized spacial score (nSPS) is 12.8. The summed E-state index contributed by atoms with van der Waals surface area (Å²) in [6, 6.07) is 17.5. The first-order chi connectivity index (χ1) is 14.7. The zero-order chi connectivity index (χ0) is 20.5. The Kier molecular flexibility index (Phi) is 4.88. The van der Waals surface area contributed by atoms with E-state index in [9.17, 15) is 4.79 Å². The molecule has 3 N–H and O–H groups in total. The van der Waals surface area contributed by atoms with Crippen molar-refractivity contribution >= 4 is 50.1 Å². The number of rotatable bonds is 4. The first-order valence-corrected chi connectivity index (χ1v) is 10.6. The molecule has 0 bridgehead atoms. The predicted octanol–water partition coefficient (Wildman–Crippen LogP) is 5.53. The number of carbonyl (C=O) groups excluding carboxylic acids is 1. The molecule has 150 valence electrons. The molecule has 2 amide bonds. The van der Waals surface area contributed by atoms with E-state index in [1.807, 2.05) is 48.8 Å². The van der Waals surface area contributed by atoms with Gasteiger partial charge in [-0.1, -0.05) is 28.1 Å². The zero-order valence-corrected chi connectivity index (χ0v) is 17.7. The highest BCUT2D eigenvalue weighted by Gasteiger charge is 2.23. The molecule has 7 heteroatoms. The van der Waals surface area contributed by atoms with Crippen LogP contribution in [-0.4, -0.2) is 22.5 Å². The Labute approximate surface area is 182 Å². The highest BCUT2D eigenvalue weighted by Crippen LogP contribution is 2.35. The number of anilines is 3. The molecule has 0 fully saturated rings. The van der Waals surface area contributed by atoms with E-state index < -0.39 is 0 Å². The smallest absolute Gasteiger partial charge is 0.323 e. The van der Waals surface area contributed by atoms with Gasteiger partial charge in [0.25, 0.3) is 0 Å². The van der Waals surface area contributed by atoms with Crippen LogP contribution in [0.3, 0.4) is 0 Å². The molecule has 0 radical (unpaired) electrons. The monoisotopic (exact) mass is 461 g/mol. The first-order valence-electron chi connectivity index (χ1n) is 9.79. The number of aromatic amines is 1. The summed E-state index contributed by atoms with van der Waals surface area (Å²) in [4.78, 5) is 22.4. The summed E-state index contributed by atoms with van der Waals surface area (Å²) in [7, 11) is 0. The lowest BCUT2D eigenvalue weighted by Gasteiger charge is -2.20. The molecular formula is C23H20BrN5O. The van der Waals surface area contributed by atoms with Crippen LogP contribution in [0.2, 0.25) is 0 Å². The molecule has 0 spiro atoms. The minimum atomic E-state index is -0.247. The van der Waals surface area contributed by atoms with Gasteiger partial charge in [-0.3, -0.25) is 0 Å². The van der Waals surface area contributed by atoms with Gasteiger partial charge in [-0.05, 0) is 54.4 Å². The molecule has 5 rings (SSSR count). The molecule has 2 aromatic carbocycles. The maximum Gasteiger partial charge on any atom is 0.323 e. The zero-order valence-electron chi connectivity index (χ0n) is 16.2. The van der Waals surface area contributed by atoms with Gasteiger partial charge >= 0.3 is 6.03 Å². The van der Waals surface area contributed by atoms with Gasteiger partial charge in [0.05, 0.1) is 0 Å². The average molecular weight is 462 g/mol. The summed E-state index contributed by atoms with van der Waals surface area (Å²) in [5.41, 5.74) is 6.07. The van der Waals surface area contributed by atoms with Gasteiger partial charge in [-0.15, -0.1) is 0 Å². The first kappa shape index (κ1) is 18.7. The Morgan fingerprint density at radius 2 is 2.03 bits per heavy atom. The van der Waals surface area contributed by atoms with Crippen LogP contribution in [0.4, 0.5) is 21.9 Å². The highest BCUT2D eigenvalue weighted by atomic mass is 79.9. The van der Waals surface area contributed by atoms with E-state index in [0.717, 1.165) is 52.1 Å². The van der Waals surface area contributed by atoms with Gasteiger partial charge in [0.15, 0.2) is 0 Å². The Morgan fingerprint density at radius 3 is 2.93 bits per heavy atom. The van der Waals surface area contributed by atoms with E-state index in [-0.39, 0.29) is 6.03 Å². The fourth-order valence-electron chi connectivity index (χ4n) is 3.99. The van der Waals surface area contributed by atoms with E-state index in [0.29, 0.717) is 0 Å². The summed E-state index contributed by atoms with van der Waals surface area (Å²) in [5, 5.41) is 7.05. The number of fused-ring (bicyclic) bond motifs is 2. The minimum absolute atomic E-state index is 0.247. The second-order valence-corrected chi connectivity index (χ2v) is 8.19. The number of urea groups is 1. The molecule has 4 aromatic rings. The summed E-state index contributed by atoms with van der Waals surface area (Å²) in [5.74, 6) is 0. The third-order valence-electron chi connectivity index (χ3n) is 5.37. The Bertz CT molecular complexity index is 1240. The predicted molar refractivity (Wildman–Crippen MR) is 124 cm³/mol. The number of benzene rings is 2. The molecular weight excluding hydrogens is 442 g/mol. The second-order valence-electron chi connectivity index (χ2n) is 7.27. The molecule has 0 atom stereocenters. The molecule has 0 unspecified atom stereocenters. The Balaban J connectivity index is 1.34. The van der Waals surface area contributed by atoms with Gasteiger partial charge in [-0.25, -0.2) is 9.78 Å². The average Bonchev–Trinajstić information content (AvgIpc) is 3.36. The van der Waals surface area contributed by atoms with Crippen LogP contribution >= 0.6 is 15.9 Å². The molecule has 2 aromatic heterocycles. The van der Waals surface area contributed by atoms with Crippen LogP contribution in [-0.2, 0) is 13.0 Å². The molecule has 0 saturated carbocycles. The molecule has 30 heavy (non-hydrogen) atoms. The number of nitrogens with zero attached hydrogens (tertiary/aromatic N) is 2. The van der Waals surface area contributed by atoms with Crippen LogP contribution in [0.25, 0.3) is 11.0 Å². The Morgan fingerprint density at radius 1 is 1.13 bits per heavy atom. The van der Waals surface area contributed by atoms with E-state index in [1.165, 1.54) is 11.1 Å². The number of pyridine rings is 1. The number of nitrogens with one attached hydrogen (secondary N) is 3. The Hall–Kier alpha value is -3.32. The fourth-order valence-corrected chi connectivity index (χ4v) is 4.39. The van der Waals surface area contributed by atoms with Crippen molar-refractivity contribution in [3.63, 3.8) is 0 Å². The number of amides is 2. The molecule has 1 aliphatic rings. The SMILES string of the molecule is O=C(Nc1cccc(Br)c1)Nc1cccc2c1CCN2Cc1ccnc2[nH]ccc12. The fraction of sp³-hybridized carbons (Fsp3) is 0.130. The lowest BCUT2D eigenvalue weighted by atomic mass is 10.1. The maximum absolute atomic E-state index is 12.5. The number of hydrogen-bond acceptors (Lipinski definition) is 3. The van der Waals surface area contributed by atoms with Crippen molar-refractivity contribution in [3.05, 3.63) is 82.6 Å². The van der Waals surface area contributed by atoms with Crippen molar-refractivity contribution in [1.29, 1.82) is 0 Å². The lowest BCUT2D eigenvalue weighted by molar-refractivity contribution is 0.262. The summed E-state index contributed by atoms with van der Waals surface area (Å²) >= 11 is 3.42. The van der Waals surface area contributed by atoms with Crippen molar-refractivity contribution in [1.82, 2.24) is 9.97 Å². The van der Waals surface area contributed by atoms with Crippen molar-refractivity contribution in [3.8, 4) is 0 Å². The molecule has 1 aliphatic heterocycles. The van der Waals surface area contributed by atoms with E-state index in [4.69, 9.17) is 0 Å². The number of halogens is 1. The van der Waals surface area contributed by atoms with E-state index in [2.05, 4.69) is 59.6 Å². The molecule has 3 heterocycles. The van der Waals surface area contributed by atoms with Gasteiger partial charge in [0.1, 0.15) is 5.65 Å². The summed E-state index contributed by atoms with van der Waals surface area (Å²) < 4.78 is 0.921. The van der Waals surface area contributed by atoms with E-state index in [1.54, 1.807) is 0 Å². The summed E-state index contributed by atoms with van der Waals surface area (Å²) in [6.45, 7) is 1.72. The van der Waals surface area contributed by atoms with Gasteiger partial charge < -0.3 is 20.5 Å². The number of H-pyrrole nitrogens is 1. The third-order valence-corrected chi connectivity index (χ3v) is 5.86. The van der Waals surface area contributed by atoms with Crippen LogP contribution < -0.4 is 15.5 Å². The quantitative estimate of drug-likeness (QED) is 0.373. The number of hydrogen-bond donors (Lipinski definition) is 3. The van der Waals surface area contributed by atoms with Crippen LogP contribution in [0.1, 0.15) is 11.1 Å². The van der Waals surface area contributed by atoms with Gasteiger partial charge in [0, 0.05) is 58.0 Å². The lowest BCUT2D eigenvalue weighted by Crippen LogP contribution is -2.20. The summed E-state index contributed by atoms with van der Waals surface area (Å²) in [6.07, 6.45) is 4.66. The van der Waals surface area contributed by atoms with Crippen LogP contribution in [0.5, 0.6) is 0 Å². The van der Waals surface area contributed by atoms with Crippen molar-refractivity contribution in [2.75, 3.05) is 22.1 Å².